The molecule has 0 radical (unpaired) electrons. The number of carbonyl (C=O) groups is 2. The minimum absolute atomic E-state index is 0.0425. The van der Waals surface area contributed by atoms with Crippen molar-refractivity contribution in [3.63, 3.8) is 0 Å². The molecule has 0 aromatic heterocycles. The van der Waals surface area contributed by atoms with Crippen LogP contribution in [0, 0.1) is 0 Å². The van der Waals surface area contributed by atoms with Crippen LogP contribution in [-0.2, 0) is 31.9 Å². The molecule has 0 saturated heterocycles. The fourth-order valence-corrected chi connectivity index (χ4v) is 3.46. The van der Waals surface area contributed by atoms with Gasteiger partial charge in [0.25, 0.3) is 0 Å². The molecule has 5 nitrogen and oxygen atoms in total. The number of nitrogens with two attached hydrogens (primary N) is 1. The molecule has 0 aliphatic carbocycles. The van der Waals surface area contributed by atoms with Gasteiger partial charge in [-0.2, -0.15) is 0 Å². The Bertz CT molecular complexity index is 961. The van der Waals surface area contributed by atoms with E-state index >= 15 is 0 Å². The largest absolute Gasteiger partial charge is 0.462 e. The summed E-state index contributed by atoms with van der Waals surface area (Å²) in [6.45, 7) is 11.2. The molecule has 0 fully saturated rings. The molecule has 1 atom stereocenters. The van der Waals surface area contributed by atoms with E-state index in [0.717, 1.165) is 17.5 Å². The van der Waals surface area contributed by atoms with E-state index in [4.69, 9.17) is 15.2 Å². The minimum Gasteiger partial charge on any atom is -0.462 e. The fourth-order valence-electron chi connectivity index (χ4n) is 3.46. The van der Waals surface area contributed by atoms with E-state index in [9.17, 15) is 9.59 Å². The molecule has 2 rings (SSSR count). The predicted octanol–water partition coefficient (Wildman–Crippen LogP) is 5.56. The Labute approximate surface area is 203 Å². The van der Waals surface area contributed by atoms with Gasteiger partial charge in [-0.05, 0) is 42.0 Å². The molecule has 2 aromatic rings. The lowest BCUT2D eigenvalue weighted by Gasteiger charge is -2.18. The van der Waals surface area contributed by atoms with Gasteiger partial charge in [0, 0.05) is 30.5 Å². The van der Waals surface area contributed by atoms with Crippen LogP contribution in [0.15, 0.2) is 72.8 Å². The number of hydrogen-bond acceptors (Lipinski definition) is 5. The third kappa shape index (κ3) is 8.99. The zero-order chi connectivity index (χ0) is 24.9. The van der Waals surface area contributed by atoms with E-state index in [1.54, 1.807) is 6.92 Å². The lowest BCUT2D eigenvalue weighted by molar-refractivity contribution is -0.146. The van der Waals surface area contributed by atoms with Crippen molar-refractivity contribution in [1.29, 1.82) is 0 Å². The van der Waals surface area contributed by atoms with Crippen LogP contribution in [0.25, 0.3) is 11.1 Å². The number of aryl methyl sites for hydroxylation is 1. The van der Waals surface area contributed by atoms with E-state index < -0.39 is 18.0 Å². The van der Waals surface area contributed by atoms with Gasteiger partial charge >= 0.3 is 11.9 Å². The third-order valence-electron chi connectivity index (χ3n) is 5.60. The first kappa shape index (κ1) is 27.1. The van der Waals surface area contributed by atoms with Gasteiger partial charge in [-0.25, -0.2) is 9.59 Å². The topological polar surface area (TPSA) is 78.6 Å². The van der Waals surface area contributed by atoms with Crippen molar-refractivity contribution >= 4 is 11.9 Å². The average molecular weight is 464 g/mol. The van der Waals surface area contributed by atoms with Gasteiger partial charge in [0.2, 0.25) is 0 Å². The number of unbranched alkanes of at least 4 members (excludes halogenated alkanes) is 2. The van der Waals surface area contributed by atoms with E-state index in [-0.39, 0.29) is 18.7 Å². The lowest BCUT2D eigenvalue weighted by Crippen LogP contribution is -2.24. The number of esters is 2. The molecule has 2 N–H and O–H groups in total. The summed E-state index contributed by atoms with van der Waals surface area (Å²) >= 11 is 0. The van der Waals surface area contributed by atoms with Gasteiger partial charge in [0.15, 0.2) is 0 Å². The van der Waals surface area contributed by atoms with Gasteiger partial charge < -0.3 is 15.2 Å². The summed E-state index contributed by atoms with van der Waals surface area (Å²) in [5.74, 6) is -0.994. The van der Waals surface area contributed by atoms with Crippen LogP contribution in [-0.4, -0.2) is 31.2 Å². The predicted molar refractivity (Wildman–Crippen MR) is 137 cm³/mol. The maximum absolute atomic E-state index is 12.1. The third-order valence-corrected chi connectivity index (χ3v) is 5.60. The van der Waals surface area contributed by atoms with Gasteiger partial charge in [-0.3, -0.25) is 0 Å². The van der Waals surface area contributed by atoms with Crippen molar-refractivity contribution in [3.8, 4) is 11.1 Å². The Hall–Kier alpha value is -3.18. The van der Waals surface area contributed by atoms with Gasteiger partial charge in [-0.15, -0.1) is 0 Å². The maximum Gasteiger partial charge on any atom is 0.334 e. The zero-order valence-electron chi connectivity index (χ0n) is 20.5. The number of rotatable bonds is 14. The molecule has 0 aliphatic heterocycles. The standard InChI is InChI=1S/C29H37NO4/c1-5-6-7-8-23-9-13-25(14-10-23)26-15-11-24(12-16-26)19-27(34-28(31)21(2)3)17-18-33-29(32)22(4)20-30/h9-16,27H,2,4-8,17-20,30H2,1,3H3. The maximum atomic E-state index is 12.1. The highest BCUT2D eigenvalue weighted by molar-refractivity contribution is 5.88. The first-order valence-corrected chi connectivity index (χ1v) is 11.9. The Morgan fingerprint density at radius 1 is 0.912 bits per heavy atom. The summed E-state index contributed by atoms with van der Waals surface area (Å²) in [5, 5.41) is 0. The Balaban J connectivity index is 2.00. The van der Waals surface area contributed by atoms with Crippen LogP contribution in [0.3, 0.4) is 0 Å². The Morgan fingerprint density at radius 3 is 2.03 bits per heavy atom. The molecule has 0 aliphatic rings. The molecule has 182 valence electrons. The second-order valence-corrected chi connectivity index (χ2v) is 8.59. The van der Waals surface area contributed by atoms with E-state index in [0.29, 0.717) is 18.4 Å². The van der Waals surface area contributed by atoms with Crippen LogP contribution in [0.5, 0.6) is 0 Å². The van der Waals surface area contributed by atoms with Gasteiger partial charge in [0.05, 0.1) is 6.61 Å². The van der Waals surface area contributed by atoms with Crippen molar-refractivity contribution in [2.24, 2.45) is 5.73 Å². The molecule has 0 amide bonds. The smallest absolute Gasteiger partial charge is 0.334 e. The zero-order valence-corrected chi connectivity index (χ0v) is 20.5. The Morgan fingerprint density at radius 2 is 1.50 bits per heavy atom. The summed E-state index contributed by atoms with van der Waals surface area (Å²) in [7, 11) is 0. The van der Waals surface area contributed by atoms with E-state index in [1.807, 2.05) is 12.1 Å². The number of hydrogen-bond donors (Lipinski definition) is 1. The van der Waals surface area contributed by atoms with E-state index in [2.05, 4.69) is 56.5 Å². The summed E-state index contributed by atoms with van der Waals surface area (Å²) in [4.78, 5) is 23.9. The van der Waals surface area contributed by atoms with Crippen LogP contribution >= 0.6 is 0 Å². The molecular formula is C29H37NO4. The molecule has 2 aromatic carbocycles. The monoisotopic (exact) mass is 463 g/mol. The number of benzene rings is 2. The molecule has 5 heteroatoms. The van der Waals surface area contributed by atoms with Crippen LogP contribution in [0.2, 0.25) is 0 Å². The van der Waals surface area contributed by atoms with Crippen LogP contribution < -0.4 is 5.73 Å². The minimum atomic E-state index is -0.534. The van der Waals surface area contributed by atoms with Crippen LogP contribution in [0.1, 0.15) is 50.7 Å². The quantitative estimate of drug-likeness (QED) is 0.225. The molecule has 0 saturated carbocycles. The van der Waals surface area contributed by atoms with Crippen molar-refractivity contribution in [2.75, 3.05) is 13.2 Å². The second-order valence-electron chi connectivity index (χ2n) is 8.59. The SMILES string of the molecule is C=C(C)C(=O)OC(CCOC(=O)C(=C)CN)Cc1ccc(-c2ccc(CCCCC)cc2)cc1. The normalized spacial score (nSPS) is 11.5. The average Bonchev–Trinajstić information content (AvgIpc) is 2.84. The summed E-state index contributed by atoms with van der Waals surface area (Å²) in [5.41, 5.74) is 10.6. The van der Waals surface area contributed by atoms with Gasteiger partial charge in [-0.1, -0.05) is 81.5 Å². The molecular weight excluding hydrogens is 426 g/mol. The summed E-state index contributed by atoms with van der Waals surface area (Å²) in [6.07, 6.45) is 5.26. The van der Waals surface area contributed by atoms with Crippen LogP contribution in [0.4, 0.5) is 0 Å². The van der Waals surface area contributed by atoms with Crippen molar-refractivity contribution < 1.29 is 19.1 Å². The van der Waals surface area contributed by atoms with Crippen molar-refractivity contribution in [1.82, 2.24) is 0 Å². The number of ether oxygens (including phenoxy) is 2. The molecule has 0 bridgehead atoms. The molecule has 0 spiro atoms. The fraction of sp³-hybridized carbons (Fsp3) is 0.379. The molecule has 1 unspecified atom stereocenters. The second kappa shape index (κ2) is 14.2. The van der Waals surface area contributed by atoms with Crippen molar-refractivity contribution in [3.05, 3.63) is 84.0 Å². The molecule has 34 heavy (non-hydrogen) atoms. The summed E-state index contributed by atoms with van der Waals surface area (Å²) < 4.78 is 10.8. The van der Waals surface area contributed by atoms with E-state index in [1.165, 1.54) is 30.4 Å². The highest BCUT2D eigenvalue weighted by Crippen LogP contribution is 2.22. The van der Waals surface area contributed by atoms with Crippen molar-refractivity contribution in [2.45, 2.75) is 58.5 Å². The Kier molecular flexibility index (Phi) is 11.3. The first-order valence-electron chi connectivity index (χ1n) is 11.9. The van der Waals surface area contributed by atoms with Gasteiger partial charge in [0.1, 0.15) is 6.10 Å². The summed E-state index contributed by atoms with van der Waals surface area (Å²) in [6, 6.07) is 16.9. The first-order chi connectivity index (χ1) is 16.3. The highest BCUT2D eigenvalue weighted by atomic mass is 16.6. The lowest BCUT2D eigenvalue weighted by atomic mass is 9.98. The highest BCUT2D eigenvalue weighted by Gasteiger charge is 2.17. The number of carbonyl (C=O) groups excluding carboxylic acids is 2. The molecule has 0 heterocycles.